The standard InChI is InChI=1S/C12H17O2S/c1-13-10-5-6-12(11(9-10)14-2)15-7-3-4-8-15/h5-6,9H,3-4,7-8H2,1-2H3/q+1. The van der Waals surface area contributed by atoms with Gasteiger partial charge >= 0.3 is 0 Å². The molecular formula is C12H17O2S+. The van der Waals surface area contributed by atoms with Crippen molar-refractivity contribution in [1.29, 1.82) is 0 Å². The molecule has 3 heteroatoms. The molecule has 0 atom stereocenters. The van der Waals surface area contributed by atoms with Crippen molar-refractivity contribution in [1.82, 2.24) is 0 Å². The zero-order chi connectivity index (χ0) is 10.7. The minimum atomic E-state index is 0.407. The lowest BCUT2D eigenvalue weighted by Gasteiger charge is -2.08. The topological polar surface area (TPSA) is 18.5 Å². The molecule has 0 bridgehead atoms. The van der Waals surface area contributed by atoms with Gasteiger partial charge in [0, 0.05) is 23.0 Å². The van der Waals surface area contributed by atoms with Crippen LogP contribution in [0.15, 0.2) is 23.1 Å². The summed E-state index contributed by atoms with van der Waals surface area (Å²) in [6.07, 6.45) is 2.72. The summed E-state index contributed by atoms with van der Waals surface area (Å²) in [6, 6.07) is 6.18. The normalized spacial score (nSPS) is 16.7. The Balaban J connectivity index is 2.29. The van der Waals surface area contributed by atoms with E-state index in [1.165, 1.54) is 29.2 Å². The molecule has 1 aliphatic rings. The van der Waals surface area contributed by atoms with Crippen LogP contribution >= 0.6 is 0 Å². The van der Waals surface area contributed by atoms with Crippen molar-refractivity contribution in [2.24, 2.45) is 0 Å². The van der Waals surface area contributed by atoms with Crippen LogP contribution < -0.4 is 9.47 Å². The monoisotopic (exact) mass is 225 g/mol. The molecule has 1 saturated heterocycles. The average Bonchev–Trinajstić information content (AvgIpc) is 2.81. The largest absolute Gasteiger partial charge is 0.497 e. The molecular weight excluding hydrogens is 208 g/mol. The molecule has 0 amide bonds. The summed E-state index contributed by atoms with van der Waals surface area (Å²) >= 11 is 0. The molecule has 2 nitrogen and oxygen atoms in total. The summed E-state index contributed by atoms with van der Waals surface area (Å²) in [7, 11) is 3.83. The Bertz CT molecular complexity index is 332. The van der Waals surface area contributed by atoms with Crippen molar-refractivity contribution in [2.75, 3.05) is 25.7 Å². The zero-order valence-corrected chi connectivity index (χ0v) is 10.1. The Kier molecular flexibility index (Phi) is 3.41. The van der Waals surface area contributed by atoms with Gasteiger partial charge in [-0.05, 0) is 18.9 Å². The molecule has 0 radical (unpaired) electrons. The van der Waals surface area contributed by atoms with Crippen molar-refractivity contribution >= 4 is 10.9 Å². The van der Waals surface area contributed by atoms with Crippen LogP contribution in [0, 0.1) is 0 Å². The lowest BCUT2D eigenvalue weighted by molar-refractivity contribution is 0.387. The third kappa shape index (κ3) is 2.23. The van der Waals surface area contributed by atoms with Crippen molar-refractivity contribution in [2.45, 2.75) is 17.7 Å². The van der Waals surface area contributed by atoms with E-state index in [0.717, 1.165) is 11.5 Å². The van der Waals surface area contributed by atoms with Crippen molar-refractivity contribution in [3.05, 3.63) is 18.2 Å². The van der Waals surface area contributed by atoms with Gasteiger partial charge in [0.05, 0.1) is 14.2 Å². The van der Waals surface area contributed by atoms with Crippen molar-refractivity contribution in [3.63, 3.8) is 0 Å². The van der Waals surface area contributed by atoms with Gasteiger partial charge in [-0.2, -0.15) is 0 Å². The summed E-state index contributed by atoms with van der Waals surface area (Å²) in [4.78, 5) is 1.37. The first-order valence-corrected chi connectivity index (χ1v) is 6.81. The third-order valence-corrected chi connectivity index (χ3v) is 5.24. The fourth-order valence-corrected chi connectivity index (χ4v) is 4.32. The second-order valence-electron chi connectivity index (χ2n) is 3.62. The smallest absolute Gasteiger partial charge is 0.197 e. The second kappa shape index (κ2) is 4.79. The molecule has 0 N–H and O–H groups in total. The first-order valence-electron chi connectivity index (χ1n) is 5.24. The lowest BCUT2D eigenvalue weighted by atomic mass is 10.3. The average molecular weight is 225 g/mol. The van der Waals surface area contributed by atoms with Gasteiger partial charge in [-0.25, -0.2) is 0 Å². The van der Waals surface area contributed by atoms with Crippen LogP contribution in [0.25, 0.3) is 0 Å². The summed E-state index contributed by atoms with van der Waals surface area (Å²) in [6.45, 7) is 0. The molecule has 1 fully saturated rings. The Hall–Kier alpha value is -0.830. The van der Waals surface area contributed by atoms with E-state index in [-0.39, 0.29) is 0 Å². The molecule has 1 heterocycles. The first-order chi connectivity index (χ1) is 7.35. The van der Waals surface area contributed by atoms with Gasteiger partial charge in [0.15, 0.2) is 10.6 Å². The fourth-order valence-electron chi connectivity index (χ4n) is 1.89. The highest BCUT2D eigenvalue weighted by Crippen LogP contribution is 2.33. The second-order valence-corrected chi connectivity index (χ2v) is 5.87. The molecule has 1 aromatic rings. The highest BCUT2D eigenvalue weighted by molar-refractivity contribution is 7.97. The van der Waals surface area contributed by atoms with E-state index in [1.54, 1.807) is 14.2 Å². The van der Waals surface area contributed by atoms with E-state index < -0.39 is 0 Å². The summed E-state index contributed by atoms with van der Waals surface area (Å²) in [5.41, 5.74) is 0. The predicted octanol–water partition coefficient (Wildman–Crippen LogP) is 2.47. The van der Waals surface area contributed by atoms with Gasteiger partial charge in [-0.15, -0.1) is 0 Å². The van der Waals surface area contributed by atoms with Gasteiger partial charge in [-0.3, -0.25) is 0 Å². The van der Waals surface area contributed by atoms with E-state index in [9.17, 15) is 0 Å². The number of rotatable bonds is 3. The van der Waals surface area contributed by atoms with Gasteiger partial charge < -0.3 is 9.47 Å². The van der Waals surface area contributed by atoms with E-state index >= 15 is 0 Å². The Morgan fingerprint density at radius 2 is 1.80 bits per heavy atom. The van der Waals surface area contributed by atoms with E-state index in [0.29, 0.717) is 10.9 Å². The maximum atomic E-state index is 5.43. The molecule has 0 aromatic heterocycles. The highest BCUT2D eigenvalue weighted by Gasteiger charge is 2.30. The summed E-state index contributed by atoms with van der Waals surface area (Å²) in [5.74, 6) is 4.50. The van der Waals surface area contributed by atoms with Crippen LogP contribution in [-0.2, 0) is 10.9 Å². The molecule has 0 aliphatic carbocycles. The van der Waals surface area contributed by atoms with Gasteiger partial charge in [0.2, 0.25) is 0 Å². The number of benzene rings is 1. The molecule has 15 heavy (non-hydrogen) atoms. The van der Waals surface area contributed by atoms with Crippen molar-refractivity contribution < 1.29 is 9.47 Å². The third-order valence-electron chi connectivity index (χ3n) is 2.71. The van der Waals surface area contributed by atoms with Gasteiger partial charge in [0.25, 0.3) is 0 Å². The fraction of sp³-hybridized carbons (Fsp3) is 0.500. The first kappa shape index (κ1) is 10.7. The number of methoxy groups -OCH3 is 2. The molecule has 2 rings (SSSR count). The van der Waals surface area contributed by atoms with Crippen LogP contribution in [0.1, 0.15) is 12.8 Å². The van der Waals surface area contributed by atoms with Crippen LogP contribution in [0.3, 0.4) is 0 Å². The maximum absolute atomic E-state index is 5.43. The van der Waals surface area contributed by atoms with Crippen LogP contribution in [-0.4, -0.2) is 25.7 Å². The van der Waals surface area contributed by atoms with Crippen LogP contribution in [0.5, 0.6) is 11.5 Å². The molecule has 82 valence electrons. The Morgan fingerprint density at radius 1 is 1.07 bits per heavy atom. The number of hydrogen-bond donors (Lipinski definition) is 0. The summed E-state index contributed by atoms with van der Waals surface area (Å²) in [5, 5.41) is 0. The molecule has 0 unspecified atom stereocenters. The van der Waals surface area contributed by atoms with Crippen molar-refractivity contribution in [3.8, 4) is 11.5 Å². The zero-order valence-electron chi connectivity index (χ0n) is 9.29. The highest BCUT2D eigenvalue weighted by atomic mass is 32.2. The van der Waals surface area contributed by atoms with Crippen LogP contribution in [0.4, 0.5) is 0 Å². The van der Waals surface area contributed by atoms with Gasteiger partial charge in [-0.1, -0.05) is 0 Å². The minimum Gasteiger partial charge on any atom is -0.497 e. The lowest BCUT2D eigenvalue weighted by Crippen LogP contribution is -2.06. The number of hydrogen-bond acceptors (Lipinski definition) is 2. The van der Waals surface area contributed by atoms with Crippen LogP contribution in [0.2, 0.25) is 0 Å². The van der Waals surface area contributed by atoms with E-state index in [4.69, 9.17) is 9.47 Å². The maximum Gasteiger partial charge on any atom is 0.197 e. The quantitative estimate of drug-likeness (QED) is 0.736. The van der Waals surface area contributed by atoms with E-state index in [1.807, 2.05) is 12.1 Å². The summed E-state index contributed by atoms with van der Waals surface area (Å²) < 4.78 is 10.6. The molecule has 0 spiro atoms. The predicted molar refractivity (Wildman–Crippen MR) is 64.1 cm³/mol. The molecule has 0 saturated carbocycles. The Labute approximate surface area is 93.9 Å². The molecule has 1 aromatic carbocycles. The van der Waals surface area contributed by atoms with Gasteiger partial charge in [0.1, 0.15) is 17.3 Å². The molecule has 1 aliphatic heterocycles. The SMILES string of the molecule is COc1ccc([S+]2CCCC2)c(OC)c1. The number of ether oxygens (including phenoxy) is 2. The Morgan fingerprint density at radius 3 is 2.40 bits per heavy atom. The minimum absolute atomic E-state index is 0.407. The van der Waals surface area contributed by atoms with E-state index in [2.05, 4.69) is 6.07 Å².